The first-order valence-electron chi connectivity index (χ1n) is 4.27. The first-order valence-corrected chi connectivity index (χ1v) is 5.07. The van der Waals surface area contributed by atoms with Crippen LogP contribution in [0.4, 0.5) is 8.78 Å². The van der Waals surface area contributed by atoms with Gasteiger partial charge < -0.3 is 16.2 Å². The van der Waals surface area contributed by atoms with E-state index in [9.17, 15) is 8.78 Å². The monoisotopic (exact) mass is 293 g/mol. The van der Waals surface area contributed by atoms with Gasteiger partial charge in [-0.15, -0.1) is 0 Å². The van der Waals surface area contributed by atoms with Gasteiger partial charge in [0.25, 0.3) is 0 Å². The molecule has 0 aliphatic rings. The molecule has 0 radical (unpaired) electrons. The number of alkyl halides is 2. The summed E-state index contributed by atoms with van der Waals surface area (Å²) in [5, 5.41) is 0. The number of benzene rings is 1. The highest BCUT2D eigenvalue weighted by atomic mass is 79.9. The van der Waals surface area contributed by atoms with E-state index in [1.54, 1.807) is 12.1 Å². The number of nitrogens with zero attached hydrogens (tertiary/aromatic N) is 1. The van der Waals surface area contributed by atoms with Crippen LogP contribution in [0.25, 0.3) is 0 Å². The van der Waals surface area contributed by atoms with E-state index in [4.69, 9.17) is 11.5 Å². The van der Waals surface area contributed by atoms with E-state index >= 15 is 0 Å². The van der Waals surface area contributed by atoms with Crippen molar-refractivity contribution in [2.75, 3.05) is 0 Å². The van der Waals surface area contributed by atoms with E-state index < -0.39 is 6.61 Å². The molecular weight excluding hydrogens is 284 g/mol. The minimum absolute atomic E-state index is 0.0585. The number of ether oxygens (including phenoxy) is 1. The Kier molecular flexibility index (Phi) is 4.48. The van der Waals surface area contributed by atoms with Gasteiger partial charge in [0.05, 0.1) is 6.54 Å². The van der Waals surface area contributed by atoms with Crippen molar-refractivity contribution in [3.63, 3.8) is 0 Å². The number of hydrogen-bond acceptors (Lipinski definition) is 2. The average molecular weight is 294 g/mol. The lowest BCUT2D eigenvalue weighted by atomic mass is 10.2. The summed E-state index contributed by atoms with van der Waals surface area (Å²) in [4.78, 5) is 3.73. The van der Waals surface area contributed by atoms with Crippen LogP contribution in [0.1, 0.15) is 5.56 Å². The summed E-state index contributed by atoms with van der Waals surface area (Å²) in [5.41, 5.74) is 10.8. The lowest BCUT2D eigenvalue weighted by molar-refractivity contribution is -0.0504. The zero-order chi connectivity index (χ0) is 12.1. The van der Waals surface area contributed by atoms with Crippen LogP contribution in [0.2, 0.25) is 0 Å². The highest BCUT2D eigenvalue weighted by molar-refractivity contribution is 9.10. The smallest absolute Gasteiger partial charge is 0.387 e. The molecule has 0 spiro atoms. The normalized spacial score (nSPS) is 10.2. The Bertz CT molecular complexity index is 394. The van der Waals surface area contributed by atoms with Crippen LogP contribution in [0.15, 0.2) is 27.7 Å². The molecule has 88 valence electrons. The van der Waals surface area contributed by atoms with Gasteiger partial charge >= 0.3 is 6.61 Å². The second kappa shape index (κ2) is 5.64. The van der Waals surface area contributed by atoms with Crippen molar-refractivity contribution in [3.8, 4) is 5.75 Å². The molecule has 0 fully saturated rings. The van der Waals surface area contributed by atoms with Crippen molar-refractivity contribution in [3.05, 3.63) is 28.2 Å². The standard InChI is InChI=1S/C9H10BrF2N3O/c10-6-1-2-7(16-8(11)12)5(3-6)4-15-9(13)14/h1-3,8H,4H2,(H4,13,14,15). The molecule has 1 aromatic carbocycles. The molecule has 4 N–H and O–H groups in total. The average Bonchev–Trinajstić information content (AvgIpc) is 2.17. The van der Waals surface area contributed by atoms with Crippen LogP contribution in [-0.2, 0) is 6.54 Å². The summed E-state index contributed by atoms with van der Waals surface area (Å²) in [6, 6.07) is 4.63. The minimum Gasteiger partial charge on any atom is -0.434 e. The molecule has 7 heteroatoms. The van der Waals surface area contributed by atoms with E-state index in [0.29, 0.717) is 5.56 Å². The molecule has 0 atom stereocenters. The third-order valence-electron chi connectivity index (χ3n) is 1.67. The molecule has 0 unspecified atom stereocenters. The van der Waals surface area contributed by atoms with Crippen LogP contribution in [-0.4, -0.2) is 12.6 Å². The Morgan fingerprint density at radius 1 is 1.44 bits per heavy atom. The molecule has 1 aromatic rings. The number of rotatable bonds is 4. The number of aliphatic imine (C=N–C) groups is 1. The maximum absolute atomic E-state index is 12.1. The summed E-state index contributed by atoms with van der Waals surface area (Å²) in [5.74, 6) is -0.0498. The van der Waals surface area contributed by atoms with Gasteiger partial charge in [-0.25, -0.2) is 4.99 Å². The number of halogens is 3. The number of guanidine groups is 1. The quantitative estimate of drug-likeness (QED) is 0.657. The van der Waals surface area contributed by atoms with Crippen molar-refractivity contribution in [1.29, 1.82) is 0 Å². The molecule has 0 saturated heterocycles. The summed E-state index contributed by atoms with van der Waals surface area (Å²) in [7, 11) is 0. The molecule has 0 aliphatic heterocycles. The van der Waals surface area contributed by atoms with Gasteiger partial charge in [0.1, 0.15) is 5.75 Å². The van der Waals surface area contributed by atoms with Gasteiger partial charge in [0, 0.05) is 10.0 Å². The first-order chi connectivity index (χ1) is 7.49. The maximum Gasteiger partial charge on any atom is 0.387 e. The zero-order valence-corrected chi connectivity index (χ0v) is 9.75. The maximum atomic E-state index is 12.1. The predicted octanol–water partition coefficient (Wildman–Crippen LogP) is 1.82. The molecule has 0 amide bonds. The lowest BCUT2D eigenvalue weighted by Gasteiger charge is -2.09. The van der Waals surface area contributed by atoms with Gasteiger partial charge in [-0.05, 0) is 18.2 Å². The molecule has 0 aliphatic carbocycles. The second-order valence-corrected chi connectivity index (χ2v) is 3.79. The van der Waals surface area contributed by atoms with Crippen LogP contribution in [0, 0.1) is 0 Å². The Morgan fingerprint density at radius 3 is 2.69 bits per heavy atom. The Morgan fingerprint density at radius 2 is 2.12 bits per heavy atom. The Hall–Kier alpha value is -1.37. The van der Waals surface area contributed by atoms with Gasteiger partial charge in [-0.1, -0.05) is 15.9 Å². The van der Waals surface area contributed by atoms with Crippen LogP contribution >= 0.6 is 15.9 Å². The molecular formula is C9H10BrF2N3O. The van der Waals surface area contributed by atoms with E-state index in [1.165, 1.54) is 6.07 Å². The van der Waals surface area contributed by atoms with Crippen LogP contribution < -0.4 is 16.2 Å². The van der Waals surface area contributed by atoms with Gasteiger partial charge in [0.2, 0.25) is 0 Å². The highest BCUT2D eigenvalue weighted by Crippen LogP contribution is 2.25. The molecule has 16 heavy (non-hydrogen) atoms. The molecule has 0 bridgehead atoms. The van der Waals surface area contributed by atoms with Crippen LogP contribution in [0.5, 0.6) is 5.75 Å². The summed E-state index contributed by atoms with van der Waals surface area (Å²) >= 11 is 3.22. The molecule has 0 aromatic heterocycles. The summed E-state index contributed by atoms with van der Waals surface area (Å²) in [6.45, 7) is -2.79. The van der Waals surface area contributed by atoms with Crippen molar-refractivity contribution in [2.24, 2.45) is 16.5 Å². The topological polar surface area (TPSA) is 73.6 Å². The SMILES string of the molecule is NC(N)=NCc1cc(Br)ccc1OC(F)F. The number of hydrogen-bond donors (Lipinski definition) is 2. The fraction of sp³-hybridized carbons (Fsp3) is 0.222. The first kappa shape index (κ1) is 12.7. The van der Waals surface area contributed by atoms with Crippen molar-refractivity contribution in [1.82, 2.24) is 0 Å². The third kappa shape index (κ3) is 4.01. The Labute approximate surface area is 99.4 Å². The van der Waals surface area contributed by atoms with Crippen molar-refractivity contribution >= 4 is 21.9 Å². The summed E-state index contributed by atoms with van der Waals surface area (Å²) < 4.78 is 29.2. The predicted molar refractivity (Wildman–Crippen MR) is 60.3 cm³/mol. The van der Waals surface area contributed by atoms with E-state index in [0.717, 1.165) is 4.47 Å². The Balaban J connectivity index is 2.93. The third-order valence-corrected chi connectivity index (χ3v) is 2.16. The van der Waals surface area contributed by atoms with E-state index in [-0.39, 0.29) is 18.3 Å². The zero-order valence-electron chi connectivity index (χ0n) is 8.16. The molecule has 4 nitrogen and oxygen atoms in total. The van der Waals surface area contributed by atoms with Gasteiger partial charge in [0.15, 0.2) is 5.96 Å². The van der Waals surface area contributed by atoms with Gasteiger partial charge in [-0.3, -0.25) is 0 Å². The molecule has 1 rings (SSSR count). The summed E-state index contributed by atoms with van der Waals surface area (Å²) in [6.07, 6.45) is 0. The lowest BCUT2D eigenvalue weighted by Crippen LogP contribution is -2.22. The largest absolute Gasteiger partial charge is 0.434 e. The van der Waals surface area contributed by atoms with Gasteiger partial charge in [-0.2, -0.15) is 8.78 Å². The van der Waals surface area contributed by atoms with E-state index in [2.05, 4.69) is 25.7 Å². The van der Waals surface area contributed by atoms with Crippen LogP contribution in [0.3, 0.4) is 0 Å². The fourth-order valence-corrected chi connectivity index (χ4v) is 1.47. The second-order valence-electron chi connectivity index (χ2n) is 2.87. The van der Waals surface area contributed by atoms with Crippen molar-refractivity contribution < 1.29 is 13.5 Å². The number of nitrogens with two attached hydrogens (primary N) is 2. The fourth-order valence-electron chi connectivity index (χ4n) is 1.06. The highest BCUT2D eigenvalue weighted by Gasteiger charge is 2.09. The minimum atomic E-state index is -2.88. The molecule has 0 saturated carbocycles. The van der Waals surface area contributed by atoms with E-state index in [1.807, 2.05) is 0 Å². The van der Waals surface area contributed by atoms with Crippen molar-refractivity contribution in [2.45, 2.75) is 13.2 Å². The molecule has 0 heterocycles.